The maximum Gasteiger partial charge on any atom is 0.131 e. The molecule has 1 aliphatic rings. The van der Waals surface area contributed by atoms with Gasteiger partial charge in [0.15, 0.2) is 0 Å². The molecule has 1 saturated heterocycles. The van der Waals surface area contributed by atoms with Crippen molar-refractivity contribution in [2.75, 3.05) is 7.05 Å². The molecule has 3 unspecified atom stereocenters. The van der Waals surface area contributed by atoms with Crippen molar-refractivity contribution in [2.24, 2.45) is 0 Å². The highest BCUT2D eigenvalue weighted by atomic mass is 16.3. The Morgan fingerprint density at radius 1 is 1.30 bits per heavy atom. The van der Waals surface area contributed by atoms with E-state index in [4.69, 9.17) is 0 Å². The monoisotopic (exact) mass is 275 g/mol. The molecule has 1 aromatic carbocycles. The fraction of sp³-hybridized carbons (Fsp3) is 0.588. The molecule has 20 heavy (non-hydrogen) atoms. The fourth-order valence-corrected chi connectivity index (χ4v) is 3.23. The maximum atomic E-state index is 11.3. The molecule has 1 N–H and O–H groups in total. The molecule has 1 fully saturated rings. The number of carbonyl (C=O) groups excluding carboxylic acids is 1. The molecule has 0 spiro atoms. The summed E-state index contributed by atoms with van der Waals surface area (Å²) in [6.45, 7) is 1.66. The second-order valence-corrected chi connectivity index (χ2v) is 5.97. The van der Waals surface area contributed by atoms with Crippen LogP contribution in [0.5, 0.6) is 0 Å². The second kappa shape index (κ2) is 7.00. The van der Waals surface area contributed by atoms with Gasteiger partial charge in [0, 0.05) is 18.5 Å². The molecule has 0 bridgehead atoms. The highest BCUT2D eigenvalue weighted by Gasteiger charge is 2.29. The fourth-order valence-electron chi connectivity index (χ4n) is 3.23. The molecular weight excluding hydrogens is 250 g/mol. The minimum absolute atomic E-state index is 0.256. The summed E-state index contributed by atoms with van der Waals surface area (Å²) in [6, 6.07) is 10.5. The van der Waals surface area contributed by atoms with Crippen LogP contribution in [0.2, 0.25) is 0 Å². The lowest BCUT2D eigenvalue weighted by molar-refractivity contribution is -0.118. The molecular formula is C17H25NO2. The highest BCUT2D eigenvalue weighted by molar-refractivity contribution is 5.76. The predicted molar refractivity (Wildman–Crippen MR) is 80.5 cm³/mol. The van der Waals surface area contributed by atoms with Crippen LogP contribution in [-0.2, 0) is 4.79 Å². The number of carbonyl (C=O) groups is 1. The number of rotatable bonds is 5. The van der Waals surface area contributed by atoms with Crippen LogP contribution in [0.1, 0.15) is 50.7 Å². The van der Waals surface area contributed by atoms with Gasteiger partial charge in [-0.25, -0.2) is 0 Å². The Labute approximate surface area is 121 Å². The van der Waals surface area contributed by atoms with Crippen molar-refractivity contribution in [3.05, 3.63) is 35.9 Å². The molecule has 0 aliphatic carbocycles. The van der Waals surface area contributed by atoms with E-state index in [1.54, 1.807) is 6.92 Å². The topological polar surface area (TPSA) is 40.5 Å². The highest BCUT2D eigenvalue weighted by Crippen LogP contribution is 2.29. The van der Waals surface area contributed by atoms with Crippen molar-refractivity contribution in [3.63, 3.8) is 0 Å². The molecule has 1 aromatic rings. The number of piperidine rings is 1. The summed E-state index contributed by atoms with van der Waals surface area (Å²) < 4.78 is 0. The van der Waals surface area contributed by atoms with Crippen LogP contribution in [0.25, 0.3) is 0 Å². The molecule has 3 nitrogen and oxygen atoms in total. The number of benzene rings is 1. The number of hydrogen-bond donors (Lipinski definition) is 1. The summed E-state index contributed by atoms with van der Waals surface area (Å²) >= 11 is 0. The zero-order valence-corrected chi connectivity index (χ0v) is 12.5. The SMILES string of the molecule is CC(=O)CC1CCCC(CC(O)c2ccccc2)N1C. The summed E-state index contributed by atoms with van der Waals surface area (Å²) in [7, 11) is 2.09. The average Bonchev–Trinajstić information content (AvgIpc) is 2.43. The summed E-state index contributed by atoms with van der Waals surface area (Å²) in [4.78, 5) is 13.6. The van der Waals surface area contributed by atoms with Crippen LogP contribution in [-0.4, -0.2) is 34.9 Å². The molecule has 0 aromatic heterocycles. The zero-order chi connectivity index (χ0) is 14.5. The molecule has 0 amide bonds. The summed E-state index contributed by atoms with van der Waals surface area (Å²) in [5.74, 6) is 0.256. The van der Waals surface area contributed by atoms with Crippen molar-refractivity contribution >= 4 is 5.78 Å². The summed E-state index contributed by atoms with van der Waals surface area (Å²) in [5.41, 5.74) is 0.981. The van der Waals surface area contributed by atoms with Gasteiger partial charge in [0.2, 0.25) is 0 Å². The maximum absolute atomic E-state index is 11.3. The number of aliphatic hydroxyl groups is 1. The number of likely N-dealkylation sites (tertiary alicyclic amines) is 1. The largest absolute Gasteiger partial charge is 0.388 e. The van der Waals surface area contributed by atoms with Gasteiger partial charge in [0.1, 0.15) is 5.78 Å². The van der Waals surface area contributed by atoms with Gasteiger partial charge in [0.25, 0.3) is 0 Å². The number of nitrogens with zero attached hydrogens (tertiary/aromatic N) is 1. The van der Waals surface area contributed by atoms with E-state index in [9.17, 15) is 9.90 Å². The third-order valence-corrected chi connectivity index (χ3v) is 4.43. The Morgan fingerprint density at radius 3 is 2.60 bits per heavy atom. The van der Waals surface area contributed by atoms with Crippen LogP contribution in [0.15, 0.2) is 30.3 Å². The summed E-state index contributed by atoms with van der Waals surface area (Å²) in [6.07, 6.45) is 4.31. The normalized spacial score (nSPS) is 25.4. The number of ketones is 1. The van der Waals surface area contributed by atoms with Gasteiger partial charge in [-0.2, -0.15) is 0 Å². The van der Waals surface area contributed by atoms with Crippen LogP contribution in [0.4, 0.5) is 0 Å². The Balaban J connectivity index is 1.96. The van der Waals surface area contributed by atoms with Gasteiger partial charge >= 0.3 is 0 Å². The van der Waals surface area contributed by atoms with Gasteiger partial charge in [-0.15, -0.1) is 0 Å². The lowest BCUT2D eigenvalue weighted by Crippen LogP contribution is -2.45. The van der Waals surface area contributed by atoms with E-state index in [-0.39, 0.29) is 5.78 Å². The predicted octanol–water partition coefficient (Wildman–Crippen LogP) is 2.94. The lowest BCUT2D eigenvalue weighted by Gasteiger charge is -2.40. The van der Waals surface area contributed by atoms with Crippen LogP contribution < -0.4 is 0 Å². The average molecular weight is 275 g/mol. The van der Waals surface area contributed by atoms with Gasteiger partial charge in [-0.1, -0.05) is 36.8 Å². The Bertz CT molecular complexity index is 432. The smallest absolute Gasteiger partial charge is 0.131 e. The van der Waals surface area contributed by atoms with Crippen molar-refractivity contribution in [2.45, 2.75) is 57.2 Å². The van der Waals surface area contributed by atoms with E-state index in [0.717, 1.165) is 31.2 Å². The van der Waals surface area contributed by atoms with Gasteiger partial charge in [-0.3, -0.25) is 9.69 Å². The zero-order valence-electron chi connectivity index (χ0n) is 12.5. The lowest BCUT2D eigenvalue weighted by atomic mass is 9.89. The Morgan fingerprint density at radius 2 is 1.95 bits per heavy atom. The second-order valence-electron chi connectivity index (χ2n) is 5.97. The molecule has 3 heteroatoms. The molecule has 0 radical (unpaired) electrons. The van der Waals surface area contributed by atoms with Gasteiger partial charge in [-0.05, 0) is 38.8 Å². The minimum Gasteiger partial charge on any atom is -0.388 e. The van der Waals surface area contributed by atoms with E-state index in [1.165, 1.54) is 0 Å². The van der Waals surface area contributed by atoms with E-state index in [0.29, 0.717) is 18.5 Å². The molecule has 0 saturated carbocycles. The van der Waals surface area contributed by atoms with Crippen molar-refractivity contribution in [1.82, 2.24) is 4.90 Å². The first-order valence-electron chi connectivity index (χ1n) is 7.52. The Hall–Kier alpha value is -1.19. The van der Waals surface area contributed by atoms with E-state index in [1.807, 2.05) is 30.3 Å². The van der Waals surface area contributed by atoms with E-state index < -0.39 is 6.10 Å². The number of hydrogen-bond acceptors (Lipinski definition) is 3. The van der Waals surface area contributed by atoms with Crippen molar-refractivity contribution in [3.8, 4) is 0 Å². The minimum atomic E-state index is -0.417. The first kappa shape index (κ1) is 15.2. The van der Waals surface area contributed by atoms with Crippen molar-refractivity contribution in [1.29, 1.82) is 0 Å². The molecule has 1 heterocycles. The number of Topliss-reactive ketones (excluding diaryl/α,β-unsaturated/α-hetero) is 1. The quantitative estimate of drug-likeness (QED) is 0.898. The molecule has 1 aliphatic heterocycles. The third-order valence-electron chi connectivity index (χ3n) is 4.43. The van der Waals surface area contributed by atoms with E-state index >= 15 is 0 Å². The molecule has 110 valence electrons. The third kappa shape index (κ3) is 3.90. The van der Waals surface area contributed by atoms with Crippen LogP contribution in [0, 0.1) is 0 Å². The standard InChI is InChI=1S/C17H25NO2/c1-13(19)11-15-9-6-10-16(18(15)2)12-17(20)14-7-4-3-5-8-14/h3-5,7-8,15-17,20H,6,9-12H2,1-2H3. The van der Waals surface area contributed by atoms with E-state index in [2.05, 4.69) is 11.9 Å². The van der Waals surface area contributed by atoms with Gasteiger partial charge < -0.3 is 5.11 Å². The molecule has 2 rings (SSSR count). The summed E-state index contributed by atoms with van der Waals surface area (Å²) in [5, 5.41) is 10.4. The first-order valence-corrected chi connectivity index (χ1v) is 7.52. The first-order chi connectivity index (χ1) is 9.58. The van der Waals surface area contributed by atoms with Crippen LogP contribution >= 0.6 is 0 Å². The number of aliphatic hydroxyl groups excluding tert-OH is 1. The Kier molecular flexibility index (Phi) is 5.32. The van der Waals surface area contributed by atoms with Crippen molar-refractivity contribution < 1.29 is 9.90 Å². The van der Waals surface area contributed by atoms with Gasteiger partial charge in [0.05, 0.1) is 6.10 Å². The van der Waals surface area contributed by atoms with Crippen LogP contribution in [0.3, 0.4) is 0 Å². The molecule has 3 atom stereocenters.